The number of β-lactam (4-membered cyclic amide) rings is 1. The number of hydrogen-bond acceptors (Lipinski definition) is 5. The molecule has 6 nitrogen and oxygen atoms in total. The van der Waals surface area contributed by atoms with Crippen LogP contribution in [0.2, 0.25) is 0 Å². The van der Waals surface area contributed by atoms with Crippen LogP contribution in [0.3, 0.4) is 0 Å². The molecule has 0 spiro atoms. The van der Waals surface area contributed by atoms with Gasteiger partial charge >= 0.3 is 5.97 Å². The Morgan fingerprint density at radius 2 is 1.50 bits per heavy atom. The highest BCUT2D eigenvalue weighted by Crippen LogP contribution is 2.35. The zero-order valence-electron chi connectivity index (χ0n) is 17.5. The Bertz CT molecular complexity index is 1210. The Hall–Kier alpha value is -3.45. The van der Waals surface area contributed by atoms with Gasteiger partial charge in [0.15, 0.2) is 0 Å². The summed E-state index contributed by atoms with van der Waals surface area (Å²) in [6, 6.07) is 23.4. The van der Waals surface area contributed by atoms with Crippen molar-refractivity contribution >= 4 is 21.9 Å². The molecule has 4 rings (SSSR count). The van der Waals surface area contributed by atoms with Crippen molar-refractivity contribution in [1.29, 1.82) is 0 Å². The van der Waals surface area contributed by atoms with Gasteiger partial charge in [0, 0.05) is 0 Å². The lowest BCUT2D eigenvalue weighted by Crippen LogP contribution is -2.65. The molecule has 1 heterocycles. The molecule has 1 amide bonds. The largest absolute Gasteiger partial charge is 0.460 e. The summed E-state index contributed by atoms with van der Waals surface area (Å²) in [7, 11) is -4.06. The van der Waals surface area contributed by atoms with Gasteiger partial charge in [-0.15, -0.1) is 0 Å². The monoisotopic (exact) mass is 449 g/mol. The minimum Gasteiger partial charge on any atom is -0.460 e. The molecule has 0 saturated carbocycles. The molecule has 0 aromatic heterocycles. The third kappa shape index (κ3) is 4.29. The van der Waals surface area contributed by atoms with Crippen LogP contribution in [0, 0.1) is 12.8 Å². The average Bonchev–Trinajstić information content (AvgIpc) is 2.81. The molecule has 1 fully saturated rings. The number of ether oxygens (including phenoxy) is 1. The van der Waals surface area contributed by atoms with Gasteiger partial charge in [-0.3, -0.25) is 4.79 Å². The summed E-state index contributed by atoms with van der Waals surface area (Å²) in [4.78, 5) is 25.4. The van der Waals surface area contributed by atoms with Crippen LogP contribution in [0.4, 0.5) is 0 Å². The first-order valence-electron chi connectivity index (χ1n) is 10.3. The molecular weight excluding hydrogens is 426 g/mol. The second-order valence-corrected chi connectivity index (χ2v) is 9.60. The number of amides is 1. The van der Waals surface area contributed by atoms with Crippen LogP contribution in [0.15, 0.2) is 89.8 Å². The van der Waals surface area contributed by atoms with E-state index in [1.807, 2.05) is 37.3 Å². The van der Waals surface area contributed by atoms with E-state index >= 15 is 0 Å². The van der Waals surface area contributed by atoms with Gasteiger partial charge < -0.3 is 4.74 Å². The molecule has 7 heteroatoms. The van der Waals surface area contributed by atoms with Gasteiger partial charge in [-0.2, -0.15) is 0 Å². The quantitative estimate of drug-likeness (QED) is 0.407. The van der Waals surface area contributed by atoms with Gasteiger partial charge in [0.1, 0.15) is 6.61 Å². The van der Waals surface area contributed by atoms with Crippen LogP contribution < -0.4 is 0 Å². The van der Waals surface area contributed by atoms with Crippen molar-refractivity contribution in [2.45, 2.75) is 24.3 Å². The standard InChI is InChI=1S/C25H23NO5S/c1-18-12-14-21(15-13-18)32(29,30)26-23(17-31-25(28)20-10-6-3-7-11-20)22(24(26)27)16-19-8-4-2-5-9-19/h2-15,22-23H,16-17H2,1H3/t22-,23+/m0/s1. The average molecular weight is 450 g/mol. The van der Waals surface area contributed by atoms with Gasteiger partial charge in [-0.25, -0.2) is 17.5 Å². The molecule has 3 aromatic rings. The first-order chi connectivity index (χ1) is 15.4. The number of benzene rings is 3. The number of sulfonamides is 1. The topological polar surface area (TPSA) is 80.8 Å². The summed E-state index contributed by atoms with van der Waals surface area (Å²) >= 11 is 0. The van der Waals surface area contributed by atoms with E-state index in [0.29, 0.717) is 12.0 Å². The van der Waals surface area contributed by atoms with E-state index in [-0.39, 0.29) is 11.5 Å². The highest BCUT2D eigenvalue weighted by atomic mass is 32.2. The summed E-state index contributed by atoms with van der Waals surface area (Å²) in [6.45, 7) is 1.65. The van der Waals surface area contributed by atoms with Crippen molar-refractivity contribution < 1.29 is 22.7 Å². The highest BCUT2D eigenvalue weighted by molar-refractivity contribution is 7.89. The second kappa shape index (κ2) is 8.96. The summed E-state index contributed by atoms with van der Waals surface area (Å²) < 4.78 is 32.7. The normalized spacial score (nSPS) is 18.2. The summed E-state index contributed by atoms with van der Waals surface area (Å²) in [5.41, 5.74) is 2.19. The summed E-state index contributed by atoms with van der Waals surface area (Å²) in [5.74, 6) is -1.65. The predicted octanol–water partition coefficient (Wildman–Crippen LogP) is 3.61. The van der Waals surface area contributed by atoms with Crippen molar-refractivity contribution in [3.05, 3.63) is 102 Å². The number of esters is 1. The lowest BCUT2D eigenvalue weighted by Gasteiger charge is -2.45. The Labute approximate surface area is 187 Å². The molecule has 2 atom stereocenters. The zero-order chi connectivity index (χ0) is 22.7. The second-order valence-electron chi connectivity index (χ2n) is 7.78. The molecule has 1 saturated heterocycles. The Balaban J connectivity index is 1.58. The molecule has 32 heavy (non-hydrogen) atoms. The van der Waals surface area contributed by atoms with E-state index in [2.05, 4.69) is 0 Å². The molecule has 0 N–H and O–H groups in total. The Morgan fingerprint density at radius 3 is 2.12 bits per heavy atom. The number of carbonyl (C=O) groups is 2. The molecule has 0 bridgehead atoms. The fourth-order valence-corrected chi connectivity index (χ4v) is 5.43. The van der Waals surface area contributed by atoms with E-state index in [1.54, 1.807) is 42.5 Å². The van der Waals surface area contributed by atoms with Crippen molar-refractivity contribution in [1.82, 2.24) is 4.31 Å². The molecule has 1 aliphatic heterocycles. The lowest BCUT2D eigenvalue weighted by molar-refractivity contribution is -0.148. The fourth-order valence-electron chi connectivity index (χ4n) is 3.79. The first-order valence-corrected chi connectivity index (χ1v) is 11.7. The molecule has 1 aliphatic rings. The van der Waals surface area contributed by atoms with Gasteiger partial charge in [-0.05, 0) is 43.2 Å². The molecule has 3 aromatic carbocycles. The third-order valence-electron chi connectivity index (χ3n) is 5.57. The smallest absolute Gasteiger partial charge is 0.338 e. The van der Waals surface area contributed by atoms with E-state index in [1.165, 1.54) is 12.1 Å². The van der Waals surface area contributed by atoms with E-state index in [4.69, 9.17) is 4.74 Å². The number of aryl methyl sites for hydroxylation is 1. The SMILES string of the molecule is Cc1ccc(S(=O)(=O)N2C(=O)[C@@H](Cc3ccccc3)[C@H]2COC(=O)c2ccccc2)cc1. The van der Waals surface area contributed by atoms with Crippen molar-refractivity contribution in [2.75, 3.05) is 6.61 Å². The van der Waals surface area contributed by atoms with Gasteiger partial charge in [-0.1, -0.05) is 66.2 Å². The minimum atomic E-state index is -4.06. The van der Waals surface area contributed by atoms with E-state index in [0.717, 1.165) is 15.4 Å². The first kappa shape index (κ1) is 21.8. The van der Waals surface area contributed by atoms with Crippen LogP contribution in [0.5, 0.6) is 0 Å². The van der Waals surface area contributed by atoms with Crippen LogP contribution in [0.1, 0.15) is 21.5 Å². The number of nitrogens with zero attached hydrogens (tertiary/aromatic N) is 1. The maximum absolute atomic E-state index is 13.2. The maximum Gasteiger partial charge on any atom is 0.338 e. The van der Waals surface area contributed by atoms with Gasteiger partial charge in [0.25, 0.3) is 10.0 Å². The van der Waals surface area contributed by atoms with Crippen LogP contribution >= 0.6 is 0 Å². The highest BCUT2D eigenvalue weighted by Gasteiger charge is 2.53. The van der Waals surface area contributed by atoms with E-state index < -0.39 is 33.9 Å². The molecule has 0 aliphatic carbocycles. The van der Waals surface area contributed by atoms with Crippen LogP contribution in [0.25, 0.3) is 0 Å². The van der Waals surface area contributed by atoms with Crippen LogP contribution in [-0.2, 0) is 26.0 Å². The lowest BCUT2D eigenvalue weighted by atomic mass is 9.85. The maximum atomic E-state index is 13.2. The minimum absolute atomic E-state index is 0.0361. The number of carbonyl (C=O) groups excluding carboxylic acids is 2. The fraction of sp³-hybridized carbons (Fsp3) is 0.200. The predicted molar refractivity (Wildman–Crippen MR) is 119 cm³/mol. The Morgan fingerprint density at radius 1 is 0.906 bits per heavy atom. The Kier molecular flexibility index (Phi) is 6.10. The van der Waals surface area contributed by atoms with Gasteiger partial charge in [0.05, 0.1) is 22.4 Å². The molecule has 0 unspecified atom stereocenters. The van der Waals surface area contributed by atoms with Gasteiger partial charge in [0.2, 0.25) is 5.91 Å². The van der Waals surface area contributed by atoms with Crippen molar-refractivity contribution in [3.63, 3.8) is 0 Å². The third-order valence-corrected chi connectivity index (χ3v) is 7.41. The molecule has 0 radical (unpaired) electrons. The summed E-state index contributed by atoms with van der Waals surface area (Å²) in [6.07, 6.45) is 0.368. The molecular formula is C25H23NO5S. The van der Waals surface area contributed by atoms with Crippen molar-refractivity contribution in [3.8, 4) is 0 Å². The van der Waals surface area contributed by atoms with Crippen LogP contribution in [-0.4, -0.2) is 37.2 Å². The summed E-state index contributed by atoms with van der Waals surface area (Å²) in [5, 5.41) is 0. The van der Waals surface area contributed by atoms with E-state index in [9.17, 15) is 18.0 Å². The molecule has 164 valence electrons. The van der Waals surface area contributed by atoms with Crippen molar-refractivity contribution in [2.24, 2.45) is 5.92 Å². The zero-order valence-corrected chi connectivity index (χ0v) is 18.4. The number of rotatable bonds is 7. The number of hydrogen-bond donors (Lipinski definition) is 0.